The molecule has 0 aliphatic carbocycles. The molecule has 0 saturated carbocycles. The van der Waals surface area contributed by atoms with E-state index in [1.54, 1.807) is 31.7 Å². The minimum atomic E-state index is 0.375. The van der Waals surface area contributed by atoms with Crippen LogP contribution in [0.5, 0.6) is 11.5 Å². The second kappa shape index (κ2) is 9.18. The van der Waals surface area contributed by atoms with Gasteiger partial charge in [-0.1, -0.05) is 19.8 Å². The Balaban J connectivity index is 1.78. The van der Waals surface area contributed by atoms with E-state index in [2.05, 4.69) is 22.2 Å². The number of furan rings is 1. The largest absolute Gasteiger partial charge is 0.493 e. The maximum atomic E-state index is 5.80. The van der Waals surface area contributed by atoms with Gasteiger partial charge in [0.25, 0.3) is 0 Å². The van der Waals surface area contributed by atoms with E-state index in [0.29, 0.717) is 28.7 Å². The van der Waals surface area contributed by atoms with Crippen LogP contribution in [0.4, 0.5) is 0 Å². The third-order valence-electron chi connectivity index (χ3n) is 3.91. The van der Waals surface area contributed by atoms with Crippen LogP contribution in [-0.4, -0.2) is 34.8 Å². The van der Waals surface area contributed by atoms with E-state index in [0.717, 1.165) is 30.6 Å². The van der Waals surface area contributed by atoms with Gasteiger partial charge in [0.15, 0.2) is 17.3 Å². The molecule has 27 heavy (non-hydrogen) atoms. The number of nitrogens with zero attached hydrogens (tertiary/aromatic N) is 3. The normalized spacial score (nSPS) is 11.2. The Kier molecular flexibility index (Phi) is 6.43. The van der Waals surface area contributed by atoms with Gasteiger partial charge in [0.05, 0.1) is 26.2 Å². The summed E-state index contributed by atoms with van der Waals surface area (Å²) in [6, 6.07) is 9.25. The molecule has 8 heteroatoms. The van der Waals surface area contributed by atoms with E-state index in [9.17, 15) is 0 Å². The van der Waals surface area contributed by atoms with Crippen molar-refractivity contribution in [1.82, 2.24) is 14.9 Å². The standard InChI is InChI=1S/C19H22N4O3S/c1-3-4-5-10-25-15-9-8-14(12-17(15)24-2)13-20-23-18(21-22-19(23)27)16-7-6-11-26-16/h6-9,11-13H,3-5,10H2,1-2H3,(H,22,27)/b20-13-. The first-order valence-electron chi connectivity index (χ1n) is 8.79. The molecule has 0 bridgehead atoms. The number of hydrogen-bond acceptors (Lipinski definition) is 6. The van der Waals surface area contributed by atoms with E-state index in [4.69, 9.17) is 26.1 Å². The van der Waals surface area contributed by atoms with Gasteiger partial charge in [-0.15, -0.1) is 5.10 Å². The molecule has 0 unspecified atom stereocenters. The first-order valence-corrected chi connectivity index (χ1v) is 9.20. The summed E-state index contributed by atoms with van der Waals surface area (Å²) in [5, 5.41) is 11.3. The van der Waals surface area contributed by atoms with Gasteiger partial charge in [-0.2, -0.15) is 9.78 Å². The number of aromatic amines is 1. The summed E-state index contributed by atoms with van der Waals surface area (Å²) in [4.78, 5) is 0. The highest BCUT2D eigenvalue weighted by Gasteiger charge is 2.10. The van der Waals surface area contributed by atoms with Crippen molar-refractivity contribution in [3.05, 3.63) is 46.9 Å². The predicted molar refractivity (Wildman–Crippen MR) is 106 cm³/mol. The Labute approximate surface area is 162 Å². The summed E-state index contributed by atoms with van der Waals surface area (Å²) >= 11 is 5.25. The van der Waals surface area contributed by atoms with Crippen molar-refractivity contribution >= 4 is 18.4 Å². The summed E-state index contributed by atoms with van der Waals surface area (Å²) in [5.41, 5.74) is 0.848. The molecule has 7 nitrogen and oxygen atoms in total. The number of unbranched alkanes of at least 4 members (excludes halogenated alkanes) is 2. The first-order chi connectivity index (χ1) is 13.2. The second-order valence-corrected chi connectivity index (χ2v) is 6.24. The Morgan fingerprint density at radius 3 is 2.93 bits per heavy atom. The van der Waals surface area contributed by atoms with Gasteiger partial charge in [-0.25, -0.2) is 5.10 Å². The number of H-pyrrole nitrogens is 1. The summed E-state index contributed by atoms with van der Waals surface area (Å²) in [7, 11) is 1.62. The van der Waals surface area contributed by atoms with Gasteiger partial charge >= 0.3 is 0 Å². The maximum absolute atomic E-state index is 5.80. The van der Waals surface area contributed by atoms with Crippen LogP contribution in [0.15, 0.2) is 46.1 Å². The third kappa shape index (κ3) is 4.65. The summed E-state index contributed by atoms with van der Waals surface area (Å²) in [6.07, 6.45) is 6.59. The fourth-order valence-electron chi connectivity index (χ4n) is 2.51. The highest BCUT2D eigenvalue weighted by atomic mass is 32.1. The number of methoxy groups -OCH3 is 1. The molecule has 142 valence electrons. The van der Waals surface area contributed by atoms with E-state index in [1.807, 2.05) is 18.2 Å². The molecule has 2 aromatic heterocycles. The van der Waals surface area contributed by atoms with E-state index in [-0.39, 0.29) is 0 Å². The van der Waals surface area contributed by atoms with E-state index in [1.165, 1.54) is 4.68 Å². The van der Waals surface area contributed by atoms with Gasteiger partial charge in [0, 0.05) is 0 Å². The average Bonchev–Trinajstić information content (AvgIpc) is 3.33. The zero-order chi connectivity index (χ0) is 19.1. The quantitative estimate of drug-likeness (QED) is 0.329. The fourth-order valence-corrected chi connectivity index (χ4v) is 2.69. The zero-order valence-electron chi connectivity index (χ0n) is 15.3. The molecule has 1 aromatic carbocycles. The number of rotatable bonds is 9. The SMILES string of the molecule is CCCCCOc1ccc(/C=N\n2c(-c3ccco3)n[nH]c2=S)cc1OC. The lowest BCUT2D eigenvalue weighted by Gasteiger charge is -2.11. The Morgan fingerprint density at radius 1 is 1.30 bits per heavy atom. The van der Waals surface area contributed by atoms with Gasteiger partial charge in [0.1, 0.15) is 0 Å². The van der Waals surface area contributed by atoms with Crippen molar-refractivity contribution < 1.29 is 13.9 Å². The molecule has 0 fully saturated rings. The van der Waals surface area contributed by atoms with Crippen molar-refractivity contribution in [2.45, 2.75) is 26.2 Å². The molecule has 1 N–H and O–H groups in total. The Hall–Kier alpha value is -2.87. The van der Waals surface area contributed by atoms with Crippen molar-refractivity contribution in [3.8, 4) is 23.1 Å². The number of nitrogens with one attached hydrogen (secondary N) is 1. The molecule has 0 aliphatic heterocycles. The van der Waals surface area contributed by atoms with Gasteiger partial charge < -0.3 is 13.9 Å². The monoisotopic (exact) mass is 386 g/mol. The lowest BCUT2D eigenvalue weighted by atomic mass is 10.2. The molecule has 3 aromatic rings. The molecule has 0 aliphatic rings. The Morgan fingerprint density at radius 2 is 2.19 bits per heavy atom. The third-order valence-corrected chi connectivity index (χ3v) is 4.17. The second-order valence-electron chi connectivity index (χ2n) is 5.85. The summed E-state index contributed by atoms with van der Waals surface area (Å²) in [6.45, 7) is 2.84. The van der Waals surface area contributed by atoms with Crippen molar-refractivity contribution in [2.75, 3.05) is 13.7 Å². The summed E-state index contributed by atoms with van der Waals surface area (Å²) < 4.78 is 18.5. The molecule has 0 amide bonds. The number of benzene rings is 1. The molecule has 2 heterocycles. The van der Waals surface area contributed by atoms with Crippen LogP contribution in [0.3, 0.4) is 0 Å². The van der Waals surface area contributed by atoms with Crippen molar-refractivity contribution in [1.29, 1.82) is 0 Å². The van der Waals surface area contributed by atoms with Crippen LogP contribution in [0.2, 0.25) is 0 Å². The first kappa shape index (κ1) is 18.9. The minimum absolute atomic E-state index is 0.375. The van der Waals surface area contributed by atoms with Crippen LogP contribution in [0, 0.1) is 4.77 Å². The Bertz CT molecular complexity index is 944. The van der Waals surface area contributed by atoms with E-state index >= 15 is 0 Å². The summed E-state index contributed by atoms with van der Waals surface area (Å²) in [5.74, 6) is 2.47. The number of ether oxygens (including phenoxy) is 2. The fraction of sp³-hybridized carbons (Fsp3) is 0.316. The minimum Gasteiger partial charge on any atom is -0.493 e. The predicted octanol–water partition coefficient (Wildman–Crippen LogP) is 4.66. The number of aromatic nitrogens is 3. The van der Waals surface area contributed by atoms with Crippen LogP contribution in [0.25, 0.3) is 11.6 Å². The van der Waals surface area contributed by atoms with Crippen LogP contribution < -0.4 is 9.47 Å². The van der Waals surface area contributed by atoms with Gasteiger partial charge in [0.2, 0.25) is 10.6 Å². The van der Waals surface area contributed by atoms with Gasteiger partial charge in [-0.3, -0.25) is 0 Å². The van der Waals surface area contributed by atoms with Crippen LogP contribution in [0.1, 0.15) is 31.7 Å². The highest BCUT2D eigenvalue weighted by Crippen LogP contribution is 2.28. The van der Waals surface area contributed by atoms with Crippen molar-refractivity contribution in [2.24, 2.45) is 5.10 Å². The molecule has 0 spiro atoms. The van der Waals surface area contributed by atoms with E-state index < -0.39 is 0 Å². The maximum Gasteiger partial charge on any atom is 0.219 e. The van der Waals surface area contributed by atoms with Gasteiger partial charge in [-0.05, 0) is 54.5 Å². The molecule has 0 radical (unpaired) electrons. The molecule has 3 rings (SSSR count). The van der Waals surface area contributed by atoms with Crippen molar-refractivity contribution in [3.63, 3.8) is 0 Å². The molecule has 0 atom stereocenters. The van der Waals surface area contributed by atoms with Crippen LogP contribution in [-0.2, 0) is 0 Å². The topological polar surface area (TPSA) is 77.6 Å². The molecule has 0 saturated heterocycles. The molecular formula is C19H22N4O3S. The lowest BCUT2D eigenvalue weighted by molar-refractivity contribution is 0.286. The smallest absolute Gasteiger partial charge is 0.219 e. The molecular weight excluding hydrogens is 364 g/mol. The number of hydrogen-bond donors (Lipinski definition) is 1. The van der Waals surface area contributed by atoms with Crippen LogP contribution >= 0.6 is 12.2 Å². The zero-order valence-corrected chi connectivity index (χ0v) is 16.2. The highest BCUT2D eigenvalue weighted by molar-refractivity contribution is 7.71. The average molecular weight is 386 g/mol. The lowest BCUT2D eigenvalue weighted by Crippen LogP contribution is -2.00.